The molecule has 2 amide bonds. The van der Waals surface area contributed by atoms with Crippen molar-refractivity contribution in [1.82, 2.24) is 9.96 Å². The highest BCUT2D eigenvalue weighted by Gasteiger charge is 2.36. The SMILES string of the molecule is CCN1CCC(OC(=O)C2CCCC2)N(O)C1=O. The highest BCUT2D eigenvalue weighted by atomic mass is 16.6. The molecule has 1 aliphatic heterocycles. The van der Waals surface area contributed by atoms with Crippen LogP contribution >= 0.6 is 0 Å². The zero-order chi connectivity index (χ0) is 13.1. The quantitative estimate of drug-likeness (QED) is 0.615. The third-order valence-electron chi connectivity index (χ3n) is 3.71. The Morgan fingerprint density at radius 1 is 1.39 bits per heavy atom. The van der Waals surface area contributed by atoms with Gasteiger partial charge in [0.1, 0.15) is 0 Å². The van der Waals surface area contributed by atoms with Gasteiger partial charge in [-0.1, -0.05) is 12.8 Å². The van der Waals surface area contributed by atoms with E-state index in [2.05, 4.69) is 0 Å². The second kappa shape index (κ2) is 5.56. The van der Waals surface area contributed by atoms with Crippen LogP contribution in [0, 0.1) is 5.92 Å². The second-order valence-electron chi connectivity index (χ2n) is 4.87. The van der Waals surface area contributed by atoms with Crippen molar-refractivity contribution in [2.75, 3.05) is 13.1 Å². The van der Waals surface area contributed by atoms with Crippen LogP contribution in [0.25, 0.3) is 0 Å². The van der Waals surface area contributed by atoms with E-state index in [4.69, 9.17) is 4.74 Å². The molecule has 0 aromatic carbocycles. The average molecular weight is 256 g/mol. The van der Waals surface area contributed by atoms with E-state index in [9.17, 15) is 14.8 Å². The standard InChI is InChI=1S/C12H20N2O4/c1-2-13-8-7-10(14(17)12(13)16)18-11(15)9-5-3-4-6-9/h9-10,17H,2-8H2,1H3. The third kappa shape index (κ3) is 2.58. The molecule has 1 saturated heterocycles. The lowest BCUT2D eigenvalue weighted by molar-refractivity contribution is -0.208. The maximum atomic E-state index is 11.8. The Labute approximate surface area is 106 Å². The Bertz CT molecular complexity index is 328. The molecule has 6 heteroatoms. The Morgan fingerprint density at radius 2 is 2.06 bits per heavy atom. The third-order valence-corrected chi connectivity index (χ3v) is 3.71. The van der Waals surface area contributed by atoms with E-state index in [0.717, 1.165) is 25.7 Å². The molecule has 1 atom stereocenters. The molecular formula is C12H20N2O4. The number of amides is 2. The van der Waals surface area contributed by atoms with E-state index in [0.29, 0.717) is 24.6 Å². The summed E-state index contributed by atoms with van der Waals surface area (Å²) in [5.41, 5.74) is 0. The van der Waals surface area contributed by atoms with Gasteiger partial charge >= 0.3 is 12.0 Å². The van der Waals surface area contributed by atoms with E-state index < -0.39 is 12.3 Å². The number of carbonyl (C=O) groups excluding carboxylic acids is 2. The van der Waals surface area contributed by atoms with Crippen LogP contribution in [-0.2, 0) is 9.53 Å². The van der Waals surface area contributed by atoms with Crippen LogP contribution < -0.4 is 0 Å². The summed E-state index contributed by atoms with van der Waals surface area (Å²) in [7, 11) is 0. The van der Waals surface area contributed by atoms with Crippen LogP contribution in [0.4, 0.5) is 4.79 Å². The molecule has 0 spiro atoms. The minimum absolute atomic E-state index is 0.0577. The molecule has 1 saturated carbocycles. The van der Waals surface area contributed by atoms with Gasteiger partial charge < -0.3 is 9.64 Å². The molecule has 0 bridgehead atoms. The fraction of sp³-hybridized carbons (Fsp3) is 0.833. The maximum Gasteiger partial charge on any atom is 0.347 e. The molecule has 6 nitrogen and oxygen atoms in total. The van der Waals surface area contributed by atoms with Crippen LogP contribution in [0.15, 0.2) is 0 Å². The summed E-state index contributed by atoms with van der Waals surface area (Å²) < 4.78 is 5.24. The Hall–Kier alpha value is -1.30. The first-order chi connectivity index (χ1) is 8.63. The molecule has 1 unspecified atom stereocenters. The van der Waals surface area contributed by atoms with Crippen LogP contribution in [0.2, 0.25) is 0 Å². The minimum Gasteiger partial charge on any atom is -0.439 e. The number of ether oxygens (including phenoxy) is 1. The van der Waals surface area contributed by atoms with Gasteiger partial charge in [0.05, 0.1) is 5.92 Å². The van der Waals surface area contributed by atoms with Gasteiger partial charge in [-0.3, -0.25) is 10.0 Å². The van der Waals surface area contributed by atoms with Crippen molar-refractivity contribution in [3.8, 4) is 0 Å². The van der Waals surface area contributed by atoms with Crippen LogP contribution in [0.1, 0.15) is 39.0 Å². The van der Waals surface area contributed by atoms with Crippen molar-refractivity contribution in [3.63, 3.8) is 0 Å². The summed E-state index contributed by atoms with van der Waals surface area (Å²) >= 11 is 0. The van der Waals surface area contributed by atoms with Gasteiger partial charge in [0, 0.05) is 19.5 Å². The lowest BCUT2D eigenvalue weighted by Gasteiger charge is -2.36. The molecule has 102 valence electrons. The predicted octanol–water partition coefficient (Wildman–Crippen LogP) is 1.58. The van der Waals surface area contributed by atoms with Gasteiger partial charge in [-0.2, -0.15) is 5.06 Å². The summed E-state index contributed by atoms with van der Waals surface area (Å²) in [4.78, 5) is 25.0. The first-order valence-electron chi connectivity index (χ1n) is 6.61. The van der Waals surface area contributed by atoms with Crippen molar-refractivity contribution >= 4 is 12.0 Å². The number of urea groups is 1. The van der Waals surface area contributed by atoms with Crippen molar-refractivity contribution in [2.45, 2.75) is 45.3 Å². The van der Waals surface area contributed by atoms with Gasteiger partial charge in [-0.05, 0) is 19.8 Å². The number of hydroxylamine groups is 2. The lowest BCUT2D eigenvalue weighted by atomic mass is 10.1. The summed E-state index contributed by atoms with van der Waals surface area (Å²) in [6.07, 6.45) is 3.44. The average Bonchev–Trinajstić information content (AvgIpc) is 2.89. The maximum absolute atomic E-state index is 11.8. The Kier molecular flexibility index (Phi) is 4.06. The minimum atomic E-state index is -0.826. The first kappa shape index (κ1) is 13.1. The molecule has 1 heterocycles. The first-order valence-corrected chi connectivity index (χ1v) is 6.61. The van der Waals surface area contributed by atoms with E-state index in [-0.39, 0.29) is 11.9 Å². The van der Waals surface area contributed by atoms with Crippen molar-refractivity contribution in [3.05, 3.63) is 0 Å². The van der Waals surface area contributed by atoms with E-state index in [1.807, 2.05) is 6.92 Å². The normalized spacial score (nSPS) is 25.7. The Morgan fingerprint density at radius 3 is 2.67 bits per heavy atom. The topological polar surface area (TPSA) is 70.1 Å². The zero-order valence-electron chi connectivity index (χ0n) is 10.7. The zero-order valence-corrected chi connectivity index (χ0v) is 10.7. The van der Waals surface area contributed by atoms with Crippen molar-refractivity contribution < 1.29 is 19.5 Å². The summed E-state index contributed by atoms with van der Waals surface area (Å²) in [6.45, 7) is 2.89. The van der Waals surface area contributed by atoms with Crippen LogP contribution in [0.3, 0.4) is 0 Å². The summed E-state index contributed by atoms with van der Waals surface area (Å²) in [6, 6.07) is -0.493. The number of rotatable bonds is 3. The van der Waals surface area contributed by atoms with E-state index >= 15 is 0 Å². The second-order valence-corrected chi connectivity index (χ2v) is 4.87. The number of esters is 1. The van der Waals surface area contributed by atoms with Gasteiger partial charge in [0.2, 0.25) is 6.23 Å². The van der Waals surface area contributed by atoms with Crippen LogP contribution in [-0.4, -0.2) is 46.5 Å². The number of hydrogen-bond acceptors (Lipinski definition) is 4. The van der Waals surface area contributed by atoms with E-state index in [1.165, 1.54) is 4.90 Å². The fourth-order valence-corrected chi connectivity index (χ4v) is 2.55. The smallest absolute Gasteiger partial charge is 0.347 e. The lowest BCUT2D eigenvalue weighted by Crippen LogP contribution is -2.54. The molecule has 0 radical (unpaired) electrons. The van der Waals surface area contributed by atoms with Crippen molar-refractivity contribution in [2.24, 2.45) is 5.92 Å². The highest BCUT2D eigenvalue weighted by molar-refractivity contribution is 5.76. The van der Waals surface area contributed by atoms with Gasteiger partial charge in [-0.15, -0.1) is 0 Å². The number of hydrogen-bond donors (Lipinski definition) is 1. The molecule has 2 aliphatic rings. The van der Waals surface area contributed by atoms with Gasteiger partial charge in [0.15, 0.2) is 0 Å². The van der Waals surface area contributed by atoms with Crippen LogP contribution in [0.5, 0.6) is 0 Å². The largest absolute Gasteiger partial charge is 0.439 e. The number of nitrogens with zero attached hydrogens (tertiary/aromatic N) is 2. The van der Waals surface area contributed by atoms with Gasteiger partial charge in [0.25, 0.3) is 0 Å². The van der Waals surface area contributed by atoms with E-state index in [1.54, 1.807) is 0 Å². The molecular weight excluding hydrogens is 236 g/mol. The molecule has 0 aromatic rings. The molecule has 2 fully saturated rings. The predicted molar refractivity (Wildman–Crippen MR) is 62.7 cm³/mol. The number of carbonyl (C=O) groups is 2. The summed E-state index contributed by atoms with van der Waals surface area (Å²) in [5.74, 6) is -0.341. The molecule has 1 aliphatic carbocycles. The monoisotopic (exact) mass is 256 g/mol. The van der Waals surface area contributed by atoms with Gasteiger partial charge in [-0.25, -0.2) is 4.79 Å². The molecule has 2 rings (SSSR count). The highest BCUT2D eigenvalue weighted by Crippen LogP contribution is 2.27. The fourth-order valence-electron chi connectivity index (χ4n) is 2.55. The molecule has 18 heavy (non-hydrogen) atoms. The summed E-state index contributed by atoms with van der Waals surface area (Å²) in [5, 5.41) is 10.2. The molecule has 1 N–H and O–H groups in total. The molecule has 0 aromatic heterocycles. The Balaban J connectivity index is 1.89. The van der Waals surface area contributed by atoms with Crippen molar-refractivity contribution in [1.29, 1.82) is 0 Å².